The highest BCUT2D eigenvalue weighted by molar-refractivity contribution is 5.95. The summed E-state index contributed by atoms with van der Waals surface area (Å²) in [6.45, 7) is 0. The molecule has 24 heavy (non-hydrogen) atoms. The molecule has 2 aromatic rings. The van der Waals surface area contributed by atoms with Gasteiger partial charge in [-0.15, -0.1) is 0 Å². The first-order valence-electron chi connectivity index (χ1n) is 7.28. The van der Waals surface area contributed by atoms with Crippen molar-refractivity contribution in [1.29, 1.82) is 0 Å². The zero-order valence-corrected chi connectivity index (χ0v) is 13.7. The number of rotatable bonds is 5. The highest BCUT2D eigenvalue weighted by atomic mass is 16.5. The van der Waals surface area contributed by atoms with Crippen molar-refractivity contribution in [3.05, 3.63) is 59.7 Å². The predicted molar refractivity (Wildman–Crippen MR) is 88.0 cm³/mol. The van der Waals surface area contributed by atoms with Crippen LogP contribution < -0.4 is 4.74 Å². The van der Waals surface area contributed by atoms with Crippen molar-refractivity contribution in [2.45, 2.75) is 6.10 Å². The molecule has 0 aliphatic carbocycles. The Bertz CT molecular complexity index is 727. The summed E-state index contributed by atoms with van der Waals surface area (Å²) in [5, 5.41) is 9.95. The van der Waals surface area contributed by atoms with Crippen LogP contribution >= 0.6 is 0 Å². The lowest BCUT2D eigenvalue weighted by Crippen LogP contribution is -2.31. The van der Waals surface area contributed by atoms with Gasteiger partial charge in [0.05, 0.1) is 7.11 Å². The fraction of sp³-hybridized carbons (Fsp3) is 0.222. The molecule has 2 aromatic carbocycles. The Balaban J connectivity index is 2.29. The summed E-state index contributed by atoms with van der Waals surface area (Å²) < 4.78 is 10.3. The number of hydrogen-bond acceptors (Lipinski definition) is 5. The molecule has 1 N–H and O–H groups in total. The second kappa shape index (κ2) is 7.50. The zero-order chi connectivity index (χ0) is 17.7. The van der Waals surface area contributed by atoms with E-state index in [1.54, 1.807) is 44.4 Å². The first-order valence-corrected chi connectivity index (χ1v) is 7.28. The van der Waals surface area contributed by atoms with Crippen molar-refractivity contribution in [1.82, 2.24) is 4.90 Å². The molecule has 0 aliphatic rings. The Morgan fingerprint density at radius 3 is 2.29 bits per heavy atom. The number of carbonyl (C=O) groups is 2. The number of benzene rings is 2. The summed E-state index contributed by atoms with van der Waals surface area (Å²) in [6, 6.07) is 12.9. The standard InChI is InChI=1S/C18H19NO5/c1-19(2)17(21)16(12-7-5-4-6-8-12)24-18(22)14-10-9-13(23-3)11-15(14)20/h4-11,16,20H,1-3H3/t16-/m1/s1. The second-order valence-electron chi connectivity index (χ2n) is 5.31. The number of phenolic OH excluding ortho intramolecular Hbond substituents is 1. The van der Waals surface area contributed by atoms with Crippen LogP contribution in [0.1, 0.15) is 22.0 Å². The molecular weight excluding hydrogens is 310 g/mol. The van der Waals surface area contributed by atoms with Crippen molar-refractivity contribution in [3.8, 4) is 11.5 Å². The molecule has 0 unspecified atom stereocenters. The zero-order valence-electron chi connectivity index (χ0n) is 13.7. The number of methoxy groups -OCH3 is 1. The van der Waals surface area contributed by atoms with Crippen molar-refractivity contribution < 1.29 is 24.2 Å². The molecule has 0 saturated carbocycles. The Hall–Kier alpha value is -3.02. The number of likely N-dealkylation sites (N-methyl/N-ethyl adjacent to an activating group) is 1. The largest absolute Gasteiger partial charge is 0.507 e. The summed E-state index contributed by atoms with van der Waals surface area (Å²) in [6.07, 6.45) is -1.09. The van der Waals surface area contributed by atoms with Crippen LogP contribution in [0.4, 0.5) is 0 Å². The fourth-order valence-corrected chi connectivity index (χ4v) is 2.10. The van der Waals surface area contributed by atoms with Crippen molar-refractivity contribution in [3.63, 3.8) is 0 Å². The van der Waals surface area contributed by atoms with Gasteiger partial charge >= 0.3 is 5.97 Å². The number of esters is 1. The molecule has 1 atom stereocenters. The van der Waals surface area contributed by atoms with E-state index in [1.807, 2.05) is 0 Å². The Morgan fingerprint density at radius 2 is 1.75 bits per heavy atom. The molecule has 0 aromatic heterocycles. The van der Waals surface area contributed by atoms with Crippen LogP contribution in [0, 0.1) is 0 Å². The summed E-state index contributed by atoms with van der Waals surface area (Å²) in [5.41, 5.74) is 0.515. The minimum Gasteiger partial charge on any atom is -0.507 e. The first kappa shape index (κ1) is 17.3. The maximum Gasteiger partial charge on any atom is 0.343 e. The van der Waals surface area contributed by atoms with E-state index < -0.39 is 12.1 Å². The molecule has 0 saturated heterocycles. The normalized spacial score (nSPS) is 11.5. The van der Waals surface area contributed by atoms with Gasteiger partial charge in [-0.3, -0.25) is 4.79 Å². The van der Waals surface area contributed by atoms with E-state index in [4.69, 9.17) is 9.47 Å². The van der Waals surface area contributed by atoms with Crippen molar-refractivity contribution in [2.75, 3.05) is 21.2 Å². The molecule has 0 aliphatic heterocycles. The number of hydrogen-bond donors (Lipinski definition) is 1. The third-order valence-electron chi connectivity index (χ3n) is 3.42. The predicted octanol–water partition coefficient (Wildman–Crippen LogP) is 2.39. The van der Waals surface area contributed by atoms with Gasteiger partial charge in [-0.05, 0) is 12.1 Å². The SMILES string of the molecule is COc1ccc(C(=O)O[C@@H](C(=O)N(C)C)c2ccccc2)c(O)c1. The highest BCUT2D eigenvalue weighted by Gasteiger charge is 2.28. The maximum absolute atomic E-state index is 12.4. The number of ether oxygens (including phenoxy) is 2. The average Bonchev–Trinajstić information content (AvgIpc) is 2.59. The number of aromatic hydroxyl groups is 1. The number of amides is 1. The molecule has 0 bridgehead atoms. The number of nitrogens with zero attached hydrogens (tertiary/aromatic N) is 1. The average molecular weight is 329 g/mol. The molecule has 0 fully saturated rings. The number of carbonyl (C=O) groups excluding carboxylic acids is 2. The van der Waals surface area contributed by atoms with E-state index in [9.17, 15) is 14.7 Å². The van der Waals surface area contributed by atoms with E-state index in [1.165, 1.54) is 30.2 Å². The second-order valence-corrected chi connectivity index (χ2v) is 5.31. The van der Waals surface area contributed by atoms with Crippen LogP contribution in [0.2, 0.25) is 0 Å². The van der Waals surface area contributed by atoms with Crippen LogP contribution in [-0.2, 0) is 9.53 Å². The van der Waals surface area contributed by atoms with Crippen LogP contribution in [0.3, 0.4) is 0 Å². The van der Waals surface area contributed by atoms with Crippen molar-refractivity contribution in [2.24, 2.45) is 0 Å². The van der Waals surface area contributed by atoms with E-state index in [0.717, 1.165) is 0 Å². The van der Waals surface area contributed by atoms with Crippen LogP contribution in [-0.4, -0.2) is 43.1 Å². The molecule has 1 amide bonds. The summed E-state index contributed by atoms with van der Waals surface area (Å²) in [5.74, 6) is -1.03. The molecule has 0 radical (unpaired) electrons. The highest BCUT2D eigenvalue weighted by Crippen LogP contribution is 2.27. The molecule has 6 nitrogen and oxygen atoms in total. The molecule has 0 spiro atoms. The van der Waals surface area contributed by atoms with Gasteiger partial charge in [0.1, 0.15) is 17.1 Å². The molecule has 6 heteroatoms. The van der Waals surface area contributed by atoms with Gasteiger partial charge in [-0.2, -0.15) is 0 Å². The molecular formula is C18H19NO5. The van der Waals surface area contributed by atoms with Crippen LogP contribution in [0.5, 0.6) is 11.5 Å². The third-order valence-corrected chi connectivity index (χ3v) is 3.42. The molecule has 0 heterocycles. The van der Waals surface area contributed by atoms with Gasteiger partial charge in [0, 0.05) is 25.7 Å². The van der Waals surface area contributed by atoms with Gasteiger partial charge in [-0.1, -0.05) is 30.3 Å². The minimum absolute atomic E-state index is 0.0386. The lowest BCUT2D eigenvalue weighted by atomic mass is 10.1. The topological polar surface area (TPSA) is 76.1 Å². The van der Waals surface area contributed by atoms with Gasteiger partial charge in [-0.25, -0.2) is 4.79 Å². The summed E-state index contributed by atoms with van der Waals surface area (Å²) >= 11 is 0. The monoisotopic (exact) mass is 329 g/mol. The Morgan fingerprint density at radius 1 is 1.08 bits per heavy atom. The number of phenols is 1. The van der Waals surface area contributed by atoms with E-state index in [2.05, 4.69) is 0 Å². The van der Waals surface area contributed by atoms with Gasteiger partial charge in [0.25, 0.3) is 5.91 Å². The van der Waals surface area contributed by atoms with E-state index >= 15 is 0 Å². The maximum atomic E-state index is 12.4. The first-order chi connectivity index (χ1) is 11.4. The Kier molecular flexibility index (Phi) is 5.42. The van der Waals surface area contributed by atoms with Crippen molar-refractivity contribution >= 4 is 11.9 Å². The summed E-state index contributed by atoms with van der Waals surface area (Å²) in [7, 11) is 4.61. The quantitative estimate of drug-likeness (QED) is 0.853. The van der Waals surface area contributed by atoms with E-state index in [0.29, 0.717) is 11.3 Å². The smallest absolute Gasteiger partial charge is 0.343 e. The molecule has 2 rings (SSSR count). The van der Waals surface area contributed by atoms with Crippen LogP contribution in [0.15, 0.2) is 48.5 Å². The molecule has 126 valence electrons. The van der Waals surface area contributed by atoms with E-state index in [-0.39, 0.29) is 17.2 Å². The fourth-order valence-electron chi connectivity index (χ4n) is 2.10. The van der Waals surface area contributed by atoms with Crippen LogP contribution in [0.25, 0.3) is 0 Å². The van der Waals surface area contributed by atoms with Gasteiger partial charge in [0.2, 0.25) is 6.10 Å². The van der Waals surface area contributed by atoms with Gasteiger partial charge < -0.3 is 19.5 Å². The Labute approximate surface area is 140 Å². The van der Waals surface area contributed by atoms with Gasteiger partial charge in [0.15, 0.2) is 0 Å². The summed E-state index contributed by atoms with van der Waals surface area (Å²) in [4.78, 5) is 26.1. The lowest BCUT2D eigenvalue weighted by molar-refractivity contribution is -0.138. The third kappa shape index (κ3) is 3.84. The minimum atomic E-state index is -1.09. The lowest BCUT2D eigenvalue weighted by Gasteiger charge is -2.21.